The first-order valence-electron chi connectivity index (χ1n) is 5.46. The number of nitrogens with one attached hydrogen (secondary N) is 1. The summed E-state index contributed by atoms with van der Waals surface area (Å²) in [6, 6.07) is 4.48. The molecule has 0 aliphatic carbocycles. The highest BCUT2D eigenvalue weighted by Gasteiger charge is 2.10. The summed E-state index contributed by atoms with van der Waals surface area (Å²) in [4.78, 5) is 0. The van der Waals surface area contributed by atoms with Crippen molar-refractivity contribution in [1.29, 1.82) is 0 Å². The first kappa shape index (κ1) is 14.1. The van der Waals surface area contributed by atoms with Crippen LogP contribution >= 0.6 is 0 Å². The summed E-state index contributed by atoms with van der Waals surface area (Å²) in [5.41, 5.74) is 1.35. The normalized spacial score (nSPS) is 12.1. The van der Waals surface area contributed by atoms with E-state index < -0.39 is 9.84 Å². The second-order valence-electron chi connectivity index (χ2n) is 4.52. The number of halogens is 1. The minimum Gasteiger partial charge on any atom is -0.310 e. The van der Waals surface area contributed by atoms with Crippen LogP contribution in [-0.4, -0.2) is 20.7 Å². The number of rotatable bonds is 5. The highest BCUT2D eigenvalue weighted by atomic mass is 32.2. The minimum absolute atomic E-state index is 0.0532. The molecule has 0 heterocycles. The third-order valence-corrected chi connectivity index (χ3v) is 3.12. The van der Waals surface area contributed by atoms with E-state index in [1.807, 2.05) is 13.8 Å². The summed E-state index contributed by atoms with van der Waals surface area (Å²) in [5, 5.41) is 3.15. The smallest absolute Gasteiger partial charge is 0.151 e. The Morgan fingerprint density at radius 1 is 1.29 bits per heavy atom. The van der Waals surface area contributed by atoms with Crippen LogP contribution in [0.3, 0.4) is 0 Å². The maximum atomic E-state index is 13.1. The van der Waals surface area contributed by atoms with Gasteiger partial charge in [-0.1, -0.05) is 19.9 Å². The zero-order valence-corrected chi connectivity index (χ0v) is 11.1. The Hall–Kier alpha value is -0.940. The molecule has 1 N–H and O–H groups in total. The zero-order valence-electron chi connectivity index (χ0n) is 10.3. The highest BCUT2D eigenvalue weighted by Crippen LogP contribution is 2.14. The fraction of sp³-hybridized carbons (Fsp3) is 0.500. The van der Waals surface area contributed by atoms with Gasteiger partial charge in [0.15, 0.2) is 9.84 Å². The lowest BCUT2D eigenvalue weighted by Crippen LogP contribution is -2.23. The van der Waals surface area contributed by atoms with Crippen LogP contribution in [0.25, 0.3) is 0 Å². The molecule has 1 aromatic carbocycles. The van der Waals surface area contributed by atoms with E-state index in [4.69, 9.17) is 0 Å². The molecule has 1 aromatic rings. The minimum atomic E-state index is -3.10. The van der Waals surface area contributed by atoms with Crippen molar-refractivity contribution < 1.29 is 12.8 Å². The Labute approximate surface area is 102 Å². The monoisotopic (exact) mass is 259 g/mol. The maximum Gasteiger partial charge on any atom is 0.151 e. The summed E-state index contributed by atoms with van der Waals surface area (Å²) in [6.45, 7) is 4.44. The van der Waals surface area contributed by atoms with Crippen LogP contribution in [-0.2, 0) is 22.1 Å². The van der Waals surface area contributed by atoms with Gasteiger partial charge in [-0.2, -0.15) is 0 Å². The zero-order chi connectivity index (χ0) is 13.1. The Kier molecular flexibility index (Phi) is 4.65. The van der Waals surface area contributed by atoms with Gasteiger partial charge in [-0.25, -0.2) is 12.8 Å². The third-order valence-electron chi connectivity index (χ3n) is 2.29. The standard InChI is InChI=1S/C12H18FNO2S/c1-9(2)14-7-11-6-12(13)5-4-10(11)8-17(3,15)16/h4-6,9,14H,7-8H2,1-3H3. The van der Waals surface area contributed by atoms with Crippen LogP contribution in [0.5, 0.6) is 0 Å². The molecule has 0 aliphatic rings. The van der Waals surface area contributed by atoms with E-state index >= 15 is 0 Å². The number of hydrogen-bond acceptors (Lipinski definition) is 3. The average molecular weight is 259 g/mol. The van der Waals surface area contributed by atoms with Crippen LogP contribution in [0.2, 0.25) is 0 Å². The molecule has 0 bridgehead atoms. The molecule has 96 valence electrons. The molecule has 17 heavy (non-hydrogen) atoms. The molecule has 0 aliphatic heterocycles. The van der Waals surface area contributed by atoms with E-state index in [2.05, 4.69) is 5.32 Å². The summed E-state index contributed by atoms with van der Waals surface area (Å²) >= 11 is 0. The SMILES string of the molecule is CC(C)NCc1cc(F)ccc1CS(C)(=O)=O. The molecule has 3 nitrogen and oxygen atoms in total. The van der Waals surface area contributed by atoms with Crippen molar-refractivity contribution in [2.45, 2.75) is 32.2 Å². The molecule has 0 unspecified atom stereocenters. The van der Waals surface area contributed by atoms with Gasteiger partial charge in [0.1, 0.15) is 5.82 Å². The van der Waals surface area contributed by atoms with E-state index in [1.54, 1.807) is 0 Å². The highest BCUT2D eigenvalue weighted by molar-refractivity contribution is 7.89. The number of hydrogen-bond donors (Lipinski definition) is 1. The van der Waals surface area contributed by atoms with E-state index in [0.29, 0.717) is 17.7 Å². The Morgan fingerprint density at radius 3 is 2.47 bits per heavy atom. The van der Waals surface area contributed by atoms with E-state index in [-0.39, 0.29) is 17.6 Å². The summed E-state index contributed by atoms with van der Waals surface area (Å²) in [5.74, 6) is -0.398. The van der Waals surface area contributed by atoms with Crippen LogP contribution < -0.4 is 5.32 Å². The molecule has 0 fully saturated rings. The van der Waals surface area contributed by atoms with Crippen molar-refractivity contribution in [1.82, 2.24) is 5.32 Å². The summed E-state index contributed by atoms with van der Waals surface area (Å²) < 4.78 is 35.7. The molecular formula is C12H18FNO2S. The van der Waals surface area contributed by atoms with Crippen molar-refractivity contribution in [3.8, 4) is 0 Å². The molecular weight excluding hydrogens is 241 g/mol. The summed E-state index contributed by atoms with van der Waals surface area (Å²) in [6.07, 6.45) is 1.18. The molecule has 1 rings (SSSR count). The first-order valence-corrected chi connectivity index (χ1v) is 7.52. The van der Waals surface area contributed by atoms with Gasteiger partial charge in [-0.05, 0) is 23.3 Å². The Balaban J connectivity index is 2.95. The lowest BCUT2D eigenvalue weighted by Gasteiger charge is -2.12. The Morgan fingerprint density at radius 2 is 1.94 bits per heavy atom. The Bertz CT molecular complexity index is 483. The van der Waals surface area contributed by atoms with Gasteiger partial charge in [-0.15, -0.1) is 0 Å². The number of sulfone groups is 1. The molecule has 0 atom stereocenters. The topological polar surface area (TPSA) is 46.2 Å². The van der Waals surface area contributed by atoms with Crippen LogP contribution in [0.4, 0.5) is 4.39 Å². The van der Waals surface area contributed by atoms with Crippen molar-refractivity contribution >= 4 is 9.84 Å². The van der Waals surface area contributed by atoms with E-state index in [0.717, 1.165) is 0 Å². The van der Waals surface area contributed by atoms with E-state index in [1.165, 1.54) is 24.5 Å². The van der Waals surface area contributed by atoms with Gasteiger partial charge < -0.3 is 5.32 Å². The molecule has 0 spiro atoms. The quantitative estimate of drug-likeness (QED) is 0.878. The molecule has 5 heteroatoms. The van der Waals surface area contributed by atoms with Gasteiger partial charge >= 0.3 is 0 Å². The summed E-state index contributed by atoms with van der Waals surface area (Å²) in [7, 11) is -3.10. The van der Waals surface area contributed by atoms with Gasteiger partial charge in [0.05, 0.1) is 5.75 Å². The lowest BCUT2D eigenvalue weighted by atomic mass is 10.1. The van der Waals surface area contributed by atoms with Crippen molar-refractivity contribution in [3.63, 3.8) is 0 Å². The fourth-order valence-electron chi connectivity index (χ4n) is 1.50. The molecule has 0 saturated carbocycles. The molecule has 0 amide bonds. The lowest BCUT2D eigenvalue weighted by molar-refractivity contribution is 0.577. The van der Waals surface area contributed by atoms with Gasteiger partial charge in [-0.3, -0.25) is 0 Å². The first-order chi connectivity index (χ1) is 7.78. The predicted octanol–water partition coefficient (Wildman–Crippen LogP) is 1.87. The molecule has 0 saturated heterocycles. The third kappa shape index (κ3) is 5.28. The van der Waals surface area contributed by atoms with Crippen molar-refractivity contribution in [2.75, 3.05) is 6.26 Å². The van der Waals surface area contributed by atoms with Crippen LogP contribution in [0, 0.1) is 5.82 Å². The fourth-order valence-corrected chi connectivity index (χ4v) is 2.34. The van der Waals surface area contributed by atoms with Crippen molar-refractivity contribution in [3.05, 3.63) is 35.1 Å². The second kappa shape index (κ2) is 5.60. The van der Waals surface area contributed by atoms with Gasteiger partial charge in [0, 0.05) is 18.8 Å². The maximum absolute atomic E-state index is 13.1. The molecule has 0 aromatic heterocycles. The average Bonchev–Trinajstić information content (AvgIpc) is 2.16. The van der Waals surface area contributed by atoms with Crippen LogP contribution in [0.1, 0.15) is 25.0 Å². The van der Waals surface area contributed by atoms with Crippen LogP contribution in [0.15, 0.2) is 18.2 Å². The van der Waals surface area contributed by atoms with E-state index in [9.17, 15) is 12.8 Å². The predicted molar refractivity (Wildman–Crippen MR) is 66.9 cm³/mol. The van der Waals surface area contributed by atoms with Gasteiger partial charge in [0.2, 0.25) is 0 Å². The van der Waals surface area contributed by atoms with Crippen molar-refractivity contribution in [2.24, 2.45) is 0 Å². The second-order valence-corrected chi connectivity index (χ2v) is 6.66. The largest absolute Gasteiger partial charge is 0.310 e. The van der Waals surface area contributed by atoms with Gasteiger partial charge in [0.25, 0.3) is 0 Å². The molecule has 0 radical (unpaired) electrons. The number of benzene rings is 1.